The van der Waals surface area contributed by atoms with Crippen LogP contribution in [0.3, 0.4) is 0 Å². The molecule has 0 bridgehead atoms. The van der Waals surface area contributed by atoms with Gasteiger partial charge in [0, 0.05) is 37.6 Å². The molecule has 0 saturated carbocycles. The van der Waals surface area contributed by atoms with Gasteiger partial charge in [-0.2, -0.15) is 0 Å². The summed E-state index contributed by atoms with van der Waals surface area (Å²) < 4.78 is 0. The van der Waals surface area contributed by atoms with E-state index in [4.69, 9.17) is 0 Å². The Labute approximate surface area is 140 Å². The first-order valence-electron chi connectivity index (χ1n) is 9.17. The Morgan fingerprint density at radius 1 is 0.957 bits per heavy atom. The summed E-state index contributed by atoms with van der Waals surface area (Å²) in [5, 5.41) is 3.14. The molecule has 23 heavy (non-hydrogen) atoms. The molecule has 0 aromatic heterocycles. The fraction of sp³-hybridized carbons (Fsp3) is 0.889. The molecule has 0 aromatic rings. The molecule has 2 aliphatic heterocycles. The number of nitrogens with one attached hydrogen (secondary N) is 1. The summed E-state index contributed by atoms with van der Waals surface area (Å²) in [6.07, 6.45) is 6.68. The Kier molecular flexibility index (Phi) is 6.45. The van der Waals surface area contributed by atoms with Gasteiger partial charge in [0.1, 0.15) is 0 Å². The van der Waals surface area contributed by atoms with Gasteiger partial charge in [0.2, 0.25) is 11.8 Å². The summed E-state index contributed by atoms with van der Waals surface area (Å²) in [7, 11) is 0. The van der Waals surface area contributed by atoms with E-state index in [1.807, 2.05) is 25.7 Å². The van der Waals surface area contributed by atoms with Crippen LogP contribution in [0.5, 0.6) is 0 Å². The Balaban J connectivity index is 1.72. The van der Waals surface area contributed by atoms with Crippen LogP contribution in [-0.4, -0.2) is 60.4 Å². The van der Waals surface area contributed by atoms with Gasteiger partial charge in [-0.15, -0.1) is 0 Å². The van der Waals surface area contributed by atoms with E-state index in [-0.39, 0.29) is 23.3 Å². The number of piperidine rings is 1. The second kappa shape index (κ2) is 8.13. The van der Waals surface area contributed by atoms with Crippen molar-refractivity contribution in [3.05, 3.63) is 0 Å². The zero-order valence-corrected chi connectivity index (χ0v) is 15.1. The van der Waals surface area contributed by atoms with E-state index in [1.165, 1.54) is 12.8 Å². The molecule has 2 amide bonds. The number of rotatable bonds is 3. The molecular formula is C18H33N3O2. The largest absolute Gasteiger partial charge is 0.353 e. The maximum Gasteiger partial charge on any atom is 0.236 e. The van der Waals surface area contributed by atoms with Crippen LogP contribution in [0.4, 0.5) is 0 Å². The quantitative estimate of drug-likeness (QED) is 0.864. The van der Waals surface area contributed by atoms with Gasteiger partial charge in [0.25, 0.3) is 0 Å². The molecular weight excluding hydrogens is 290 g/mol. The molecule has 0 atom stereocenters. The van der Waals surface area contributed by atoms with Crippen LogP contribution in [0.25, 0.3) is 0 Å². The number of amides is 2. The second-order valence-electron chi connectivity index (χ2n) is 8.07. The topological polar surface area (TPSA) is 52.7 Å². The molecule has 0 spiro atoms. The molecule has 5 heteroatoms. The molecule has 2 rings (SSSR count). The van der Waals surface area contributed by atoms with Crippen molar-refractivity contribution >= 4 is 11.8 Å². The maximum atomic E-state index is 12.4. The van der Waals surface area contributed by atoms with E-state index in [0.29, 0.717) is 6.54 Å². The first-order chi connectivity index (χ1) is 10.9. The van der Waals surface area contributed by atoms with Gasteiger partial charge in [-0.1, -0.05) is 33.6 Å². The normalized spacial score (nSPS) is 21.8. The van der Waals surface area contributed by atoms with E-state index in [0.717, 1.165) is 51.9 Å². The van der Waals surface area contributed by atoms with Gasteiger partial charge in [-0.3, -0.25) is 14.5 Å². The molecule has 2 fully saturated rings. The Morgan fingerprint density at radius 3 is 2.04 bits per heavy atom. The molecule has 0 aliphatic carbocycles. The Morgan fingerprint density at radius 2 is 1.52 bits per heavy atom. The van der Waals surface area contributed by atoms with Crippen LogP contribution in [0.2, 0.25) is 0 Å². The third-order valence-corrected chi connectivity index (χ3v) is 4.92. The fourth-order valence-corrected chi connectivity index (χ4v) is 3.25. The highest BCUT2D eigenvalue weighted by atomic mass is 16.2. The van der Waals surface area contributed by atoms with Crippen LogP contribution in [-0.2, 0) is 9.59 Å². The number of carbonyl (C=O) groups is 2. The number of carbonyl (C=O) groups excluding carboxylic acids is 2. The molecule has 2 aliphatic rings. The van der Waals surface area contributed by atoms with Crippen molar-refractivity contribution in [2.24, 2.45) is 5.41 Å². The van der Waals surface area contributed by atoms with Crippen molar-refractivity contribution in [1.29, 1.82) is 0 Å². The van der Waals surface area contributed by atoms with Gasteiger partial charge in [0.05, 0.1) is 6.54 Å². The van der Waals surface area contributed by atoms with Gasteiger partial charge >= 0.3 is 0 Å². The summed E-state index contributed by atoms with van der Waals surface area (Å²) in [5.74, 6) is 0.403. The van der Waals surface area contributed by atoms with Gasteiger partial charge in [0.15, 0.2) is 0 Å². The second-order valence-corrected chi connectivity index (χ2v) is 8.07. The minimum atomic E-state index is -0.333. The lowest BCUT2D eigenvalue weighted by Gasteiger charge is -2.34. The first-order valence-corrected chi connectivity index (χ1v) is 9.17. The SMILES string of the molecule is CC(C)(C)C(=O)NC1CCN(CC(=O)N2CCCCCC2)CC1. The van der Waals surface area contributed by atoms with Gasteiger partial charge in [-0.05, 0) is 25.7 Å². The lowest BCUT2D eigenvalue weighted by molar-refractivity contribution is -0.133. The molecule has 5 nitrogen and oxygen atoms in total. The molecule has 2 heterocycles. The third-order valence-electron chi connectivity index (χ3n) is 4.92. The highest BCUT2D eigenvalue weighted by molar-refractivity contribution is 5.81. The summed E-state index contributed by atoms with van der Waals surface area (Å²) in [6.45, 7) is 10.0. The van der Waals surface area contributed by atoms with E-state index < -0.39 is 0 Å². The number of hydrogen-bond donors (Lipinski definition) is 1. The highest BCUT2D eigenvalue weighted by Gasteiger charge is 2.27. The van der Waals surface area contributed by atoms with Crippen LogP contribution >= 0.6 is 0 Å². The van der Waals surface area contributed by atoms with Crippen molar-refractivity contribution in [2.75, 3.05) is 32.7 Å². The van der Waals surface area contributed by atoms with E-state index in [2.05, 4.69) is 10.2 Å². The fourth-order valence-electron chi connectivity index (χ4n) is 3.25. The van der Waals surface area contributed by atoms with E-state index in [1.54, 1.807) is 0 Å². The molecule has 0 aromatic carbocycles. The summed E-state index contributed by atoms with van der Waals surface area (Å²) >= 11 is 0. The minimum absolute atomic E-state index is 0.122. The lowest BCUT2D eigenvalue weighted by atomic mass is 9.94. The van der Waals surface area contributed by atoms with Crippen molar-refractivity contribution < 1.29 is 9.59 Å². The first kappa shape index (κ1) is 18.2. The van der Waals surface area contributed by atoms with E-state index in [9.17, 15) is 9.59 Å². The van der Waals surface area contributed by atoms with Crippen molar-refractivity contribution in [2.45, 2.75) is 65.3 Å². The summed E-state index contributed by atoms with van der Waals surface area (Å²) in [4.78, 5) is 28.8. The molecule has 1 N–H and O–H groups in total. The highest BCUT2D eigenvalue weighted by Crippen LogP contribution is 2.17. The van der Waals surface area contributed by atoms with Crippen LogP contribution < -0.4 is 5.32 Å². The van der Waals surface area contributed by atoms with E-state index >= 15 is 0 Å². The average molecular weight is 323 g/mol. The average Bonchev–Trinajstić information content (AvgIpc) is 2.77. The van der Waals surface area contributed by atoms with Crippen molar-refractivity contribution in [3.8, 4) is 0 Å². The summed E-state index contributed by atoms with van der Waals surface area (Å²) in [5.41, 5.74) is -0.333. The standard InChI is InChI=1S/C18H33N3O2/c1-18(2,3)17(23)19-15-8-12-20(13-9-15)14-16(22)21-10-6-4-5-7-11-21/h15H,4-14H2,1-3H3,(H,19,23). The Bertz CT molecular complexity index is 401. The molecule has 132 valence electrons. The smallest absolute Gasteiger partial charge is 0.236 e. The Hall–Kier alpha value is -1.10. The molecule has 0 radical (unpaired) electrons. The van der Waals surface area contributed by atoms with Gasteiger partial charge < -0.3 is 10.2 Å². The van der Waals surface area contributed by atoms with Crippen LogP contribution in [0, 0.1) is 5.41 Å². The number of nitrogens with zero attached hydrogens (tertiary/aromatic N) is 2. The predicted molar refractivity (Wildman–Crippen MR) is 92.1 cm³/mol. The van der Waals surface area contributed by atoms with Gasteiger partial charge in [-0.25, -0.2) is 0 Å². The zero-order chi connectivity index (χ0) is 16.9. The van der Waals surface area contributed by atoms with Crippen LogP contribution in [0.1, 0.15) is 59.3 Å². The number of hydrogen-bond acceptors (Lipinski definition) is 3. The third kappa shape index (κ3) is 5.79. The van der Waals surface area contributed by atoms with Crippen LogP contribution in [0.15, 0.2) is 0 Å². The number of likely N-dealkylation sites (tertiary alicyclic amines) is 2. The maximum absolute atomic E-state index is 12.4. The monoisotopic (exact) mass is 323 g/mol. The summed E-state index contributed by atoms with van der Waals surface area (Å²) in [6, 6.07) is 0.256. The molecule has 0 unspecified atom stereocenters. The minimum Gasteiger partial charge on any atom is -0.353 e. The zero-order valence-electron chi connectivity index (χ0n) is 15.1. The van der Waals surface area contributed by atoms with Crippen molar-refractivity contribution in [1.82, 2.24) is 15.1 Å². The van der Waals surface area contributed by atoms with Crippen molar-refractivity contribution in [3.63, 3.8) is 0 Å². The molecule has 2 saturated heterocycles. The lowest BCUT2D eigenvalue weighted by Crippen LogP contribution is -2.49. The predicted octanol–water partition coefficient (Wildman–Crippen LogP) is 2.02.